The van der Waals surface area contributed by atoms with Crippen LogP contribution in [0.3, 0.4) is 0 Å². The van der Waals surface area contributed by atoms with E-state index in [1.54, 1.807) is 0 Å². The lowest BCUT2D eigenvalue weighted by atomic mass is 10.0. The third-order valence-corrected chi connectivity index (χ3v) is 4.39. The minimum absolute atomic E-state index is 0.163. The summed E-state index contributed by atoms with van der Waals surface area (Å²) in [5.74, 6) is 0. The highest BCUT2D eigenvalue weighted by Crippen LogP contribution is 2.22. The van der Waals surface area contributed by atoms with Crippen LogP contribution >= 0.6 is 0 Å². The van der Waals surface area contributed by atoms with Crippen LogP contribution in [0.25, 0.3) is 0 Å². The second-order valence-electron chi connectivity index (χ2n) is 5.32. The van der Waals surface area contributed by atoms with Crippen LogP contribution in [0, 0.1) is 6.92 Å². The Balaban J connectivity index is 2.87. The summed E-state index contributed by atoms with van der Waals surface area (Å²) in [5.41, 5.74) is 2.49. The van der Waals surface area contributed by atoms with Crippen LogP contribution in [0.2, 0.25) is 0 Å². The summed E-state index contributed by atoms with van der Waals surface area (Å²) < 4.78 is 15.1. The molecule has 0 saturated carbocycles. The smallest absolute Gasteiger partial charge is 0.0975 e. The standard InChI is InChI=1S/C14H23NOS/c1-6-13(15-17(16)14(3,4)5)12-10-8-7-9-11(12)2/h7-10,13,15H,6H2,1-5H3. The fourth-order valence-corrected chi connectivity index (χ4v) is 2.56. The highest BCUT2D eigenvalue weighted by molar-refractivity contribution is 7.84. The lowest BCUT2D eigenvalue weighted by Gasteiger charge is -2.24. The van der Waals surface area contributed by atoms with Crippen LogP contribution in [-0.4, -0.2) is 8.96 Å². The van der Waals surface area contributed by atoms with Crippen molar-refractivity contribution in [1.82, 2.24) is 4.72 Å². The molecule has 0 fully saturated rings. The van der Waals surface area contributed by atoms with Gasteiger partial charge in [0.05, 0.1) is 15.7 Å². The molecule has 0 aliphatic carbocycles. The highest BCUT2D eigenvalue weighted by Gasteiger charge is 2.23. The lowest BCUT2D eigenvalue weighted by molar-refractivity contribution is 0.587. The first kappa shape index (κ1) is 14.4. The third-order valence-electron chi connectivity index (χ3n) is 2.78. The van der Waals surface area contributed by atoms with Crippen molar-refractivity contribution >= 4 is 11.0 Å². The van der Waals surface area contributed by atoms with Crippen LogP contribution in [0.4, 0.5) is 0 Å². The van der Waals surface area contributed by atoms with Gasteiger partial charge in [0, 0.05) is 6.04 Å². The Morgan fingerprint density at radius 2 is 1.88 bits per heavy atom. The van der Waals surface area contributed by atoms with Crippen molar-refractivity contribution in [1.29, 1.82) is 0 Å². The zero-order chi connectivity index (χ0) is 13.1. The molecule has 0 amide bonds. The molecule has 2 nitrogen and oxygen atoms in total. The molecule has 0 aliphatic heterocycles. The normalized spacial score (nSPS) is 15.6. The molecule has 3 heteroatoms. The molecule has 0 spiro atoms. The minimum Gasteiger partial charge on any atom is -0.242 e. The van der Waals surface area contributed by atoms with Crippen molar-refractivity contribution in [3.8, 4) is 0 Å². The molecule has 96 valence electrons. The fraction of sp³-hybridized carbons (Fsp3) is 0.571. The van der Waals surface area contributed by atoms with Crippen molar-refractivity contribution < 1.29 is 4.21 Å². The lowest BCUT2D eigenvalue weighted by Crippen LogP contribution is -2.35. The van der Waals surface area contributed by atoms with Gasteiger partial charge in [-0.05, 0) is 45.2 Å². The van der Waals surface area contributed by atoms with Gasteiger partial charge in [-0.25, -0.2) is 8.93 Å². The Kier molecular flexibility index (Phi) is 4.90. The summed E-state index contributed by atoms with van der Waals surface area (Å²) in [6.45, 7) is 10.2. The van der Waals surface area contributed by atoms with Crippen LogP contribution in [0.5, 0.6) is 0 Å². The average molecular weight is 253 g/mol. The Morgan fingerprint density at radius 3 is 2.35 bits per heavy atom. The molecule has 0 aliphatic rings. The molecule has 1 aromatic rings. The van der Waals surface area contributed by atoms with Crippen LogP contribution in [-0.2, 0) is 11.0 Å². The van der Waals surface area contributed by atoms with Gasteiger partial charge in [-0.15, -0.1) is 0 Å². The molecule has 2 atom stereocenters. The topological polar surface area (TPSA) is 29.1 Å². The van der Waals surface area contributed by atoms with Gasteiger partial charge in [0.1, 0.15) is 0 Å². The van der Waals surface area contributed by atoms with Gasteiger partial charge in [0.25, 0.3) is 0 Å². The van der Waals surface area contributed by atoms with Crippen molar-refractivity contribution in [2.75, 3.05) is 0 Å². The molecule has 0 heterocycles. The number of aryl methyl sites for hydroxylation is 1. The van der Waals surface area contributed by atoms with Gasteiger partial charge in [-0.2, -0.15) is 0 Å². The molecule has 0 bridgehead atoms. The van der Waals surface area contributed by atoms with Crippen molar-refractivity contribution in [2.24, 2.45) is 0 Å². The van der Waals surface area contributed by atoms with Crippen molar-refractivity contribution in [2.45, 2.75) is 51.8 Å². The summed E-state index contributed by atoms with van der Waals surface area (Å²) in [7, 11) is -1.03. The van der Waals surface area contributed by atoms with E-state index in [1.807, 2.05) is 32.9 Å². The Morgan fingerprint density at radius 1 is 1.29 bits per heavy atom. The number of nitrogens with one attached hydrogen (secondary N) is 1. The molecule has 0 saturated heterocycles. The zero-order valence-electron chi connectivity index (χ0n) is 11.4. The summed E-state index contributed by atoms with van der Waals surface area (Å²) in [6, 6.07) is 8.44. The molecule has 1 N–H and O–H groups in total. The van der Waals surface area contributed by atoms with Crippen molar-refractivity contribution in [3.63, 3.8) is 0 Å². The largest absolute Gasteiger partial charge is 0.242 e. The molecule has 0 aromatic heterocycles. The first-order chi connectivity index (χ1) is 7.86. The molecule has 2 unspecified atom stereocenters. The molecular formula is C14H23NOS. The maximum absolute atomic E-state index is 12.1. The number of rotatable bonds is 4. The van der Waals surface area contributed by atoms with E-state index in [9.17, 15) is 4.21 Å². The molecule has 1 rings (SSSR count). The monoisotopic (exact) mass is 253 g/mol. The third kappa shape index (κ3) is 3.93. The van der Waals surface area contributed by atoms with E-state index in [0.717, 1.165) is 6.42 Å². The number of hydrogen-bond donors (Lipinski definition) is 1. The second-order valence-corrected chi connectivity index (χ2v) is 7.31. The first-order valence-corrected chi connectivity index (χ1v) is 7.24. The Labute approximate surface area is 107 Å². The Bertz CT molecular complexity index is 395. The molecular weight excluding hydrogens is 230 g/mol. The van der Waals surface area contributed by atoms with E-state index in [0.29, 0.717) is 0 Å². The predicted molar refractivity (Wildman–Crippen MR) is 75.2 cm³/mol. The van der Waals surface area contributed by atoms with E-state index in [1.165, 1.54) is 11.1 Å². The summed E-state index contributed by atoms with van der Waals surface area (Å²) in [5, 5.41) is 0. The maximum Gasteiger partial charge on any atom is 0.0975 e. The fourth-order valence-electron chi connectivity index (χ4n) is 1.65. The second kappa shape index (κ2) is 5.78. The number of benzene rings is 1. The zero-order valence-corrected chi connectivity index (χ0v) is 12.2. The average Bonchev–Trinajstić information content (AvgIpc) is 2.25. The van der Waals surface area contributed by atoms with E-state index in [2.05, 4.69) is 30.7 Å². The van der Waals surface area contributed by atoms with E-state index in [4.69, 9.17) is 0 Å². The quantitative estimate of drug-likeness (QED) is 0.874. The maximum atomic E-state index is 12.1. The summed E-state index contributed by atoms with van der Waals surface area (Å²) in [6.07, 6.45) is 0.937. The van der Waals surface area contributed by atoms with Crippen molar-refractivity contribution in [3.05, 3.63) is 35.4 Å². The van der Waals surface area contributed by atoms with Gasteiger partial charge in [-0.3, -0.25) is 0 Å². The molecule has 1 aromatic carbocycles. The predicted octanol–water partition coefficient (Wildman–Crippen LogP) is 3.50. The van der Waals surface area contributed by atoms with E-state index >= 15 is 0 Å². The van der Waals surface area contributed by atoms with Gasteiger partial charge >= 0.3 is 0 Å². The Hall–Kier alpha value is -0.670. The highest BCUT2D eigenvalue weighted by atomic mass is 32.2. The SMILES string of the molecule is CCC(NS(=O)C(C)(C)C)c1ccccc1C. The van der Waals surface area contributed by atoms with Gasteiger partial charge < -0.3 is 0 Å². The van der Waals surface area contributed by atoms with Crippen LogP contribution in [0.15, 0.2) is 24.3 Å². The van der Waals surface area contributed by atoms with Gasteiger partial charge in [0.2, 0.25) is 0 Å². The first-order valence-electron chi connectivity index (χ1n) is 6.09. The molecule has 0 radical (unpaired) electrons. The van der Waals surface area contributed by atoms with E-state index in [-0.39, 0.29) is 10.8 Å². The van der Waals surface area contributed by atoms with Gasteiger partial charge in [-0.1, -0.05) is 31.2 Å². The summed E-state index contributed by atoms with van der Waals surface area (Å²) in [4.78, 5) is 0. The number of hydrogen-bond acceptors (Lipinski definition) is 1. The van der Waals surface area contributed by atoms with Gasteiger partial charge in [0.15, 0.2) is 0 Å². The van der Waals surface area contributed by atoms with Crippen LogP contribution < -0.4 is 4.72 Å². The minimum atomic E-state index is -1.03. The van der Waals surface area contributed by atoms with Crippen LogP contribution in [0.1, 0.15) is 51.3 Å². The molecule has 17 heavy (non-hydrogen) atoms. The summed E-state index contributed by atoms with van der Waals surface area (Å²) >= 11 is 0. The van der Waals surface area contributed by atoms with E-state index < -0.39 is 11.0 Å².